The first-order valence-electron chi connectivity index (χ1n) is 5.98. The van der Waals surface area contributed by atoms with Gasteiger partial charge in [0.25, 0.3) is 0 Å². The molecule has 100 valence electrons. The summed E-state index contributed by atoms with van der Waals surface area (Å²) in [5, 5.41) is 0.488. The van der Waals surface area contributed by atoms with Gasteiger partial charge < -0.3 is 10.5 Å². The van der Waals surface area contributed by atoms with E-state index in [0.717, 1.165) is 6.42 Å². The second kappa shape index (κ2) is 5.87. The summed E-state index contributed by atoms with van der Waals surface area (Å²) in [4.78, 5) is 0. The van der Waals surface area contributed by atoms with Crippen LogP contribution in [0, 0.1) is 17.7 Å². The van der Waals surface area contributed by atoms with Crippen molar-refractivity contribution >= 4 is 27.5 Å². The van der Waals surface area contributed by atoms with E-state index in [0.29, 0.717) is 34.2 Å². The Balaban J connectivity index is 2.27. The van der Waals surface area contributed by atoms with Gasteiger partial charge in [-0.25, -0.2) is 4.39 Å². The summed E-state index contributed by atoms with van der Waals surface area (Å²) in [6.45, 7) is 3.46. The fourth-order valence-corrected chi connectivity index (χ4v) is 2.94. The van der Waals surface area contributed by atoms with Crippen LogP contribution in [-0.4, -0.2) is 13.2 Å². The van der Waals surface area contributed by atoms with Crippen molar-refractivity contribution in [2.45, 2.75) is 19.4 Å². The Labute approximate surface area is 120 Å². The Kier molecular flexibility index (Phi) is 4.64. The summed E-state index contributed by atoms with van der Waals surface area (Å²) in [6, 6.07) is 2.66. The summed E-state index contributed by atoms with van der Waals surface area (Å²) >= 11 is 9.22. The lowest BCUT2D eigenvalue weighted by Gasteiger charge is -2.33. The topological polar surface area (TPSA) is 35.2 Å². The minimum absolute atomic E-state index is 0.227. The maximum Gasteiger partial charge on any atom is 0.129 e. The SMILES string of the molecule is CC1COCCC1C(N)c1cc(Cl)c(Br)cc1F. The highest BCUT2D eigenvalue weighted by Crippen LogP contribution is 2.36. The highest BCUT2D eigenvalue weighted by atomic mass is 79.9. The quantitative estimate of drug-likeness (QED) is 0.831. The number of rotatable bonds is 2. The van der Waals surface area contributed by atoms with Gasteiger partial charge in [0.1, 0.15) is 5.82 Å². The first kappa shape index (κ1) is 14.3. The van der Waals surface area contributed by atoms with Crippen LogP contribution in [0.15, 0.2) is 16.6 Å². The lowest BCUT2D eigenvalue weighted by atomic mass is 9.81. The minimum atomic E-state index is -0.338. The molecule has 1 fully saturated rings. The van der Waals surface area contributed by atoms with Gasteiger partial charge in [0, 0.05) is 29.3 Å². The third-order valence-electron chi connectivity index (χ3n) is 3.57. The molecule has 1 aromatic carbocycles. The van der Waals surface area contributed by atoms with Gasteiger partial charge in [-0.2, -0.15) is 0 Å². The molecule has 1 aliphatic heterocycles. The van der Waals surface area contributed by atoms with Crippen LogP contribution >= 0.6 is 27.5 Å². The molecule has 2 N–H and O–H groups in total. The molecule has 2 nitrogen and oxygen atoms in total. The lowest BCUT2D eigenvalue weighted by molar-refractivity contribution is 0.0151. The molecule has 0 radical (unpaired) electrons. The van der Waals surface area contributed by atoms with E-state index >= 15 is 0 Å². The Hall–Kier alpha value is -0.160. The minimum Gasteiger partial charge on any atom is -0.381 e. The van der Waals surface area contributed by atoms with Crippen molar-refractivity contribution in [2.24, 2.45) is 17.6 Å². The van der Waals surface area contributed by atoms with Crippen molar-refractivity contribution in [2.75, 3.05) is 13.2 Å². The summed E-state index contributed by atoms with van der Waals surface area (Å²) in [6.07, 6.45) is 0.857. The van der Waals surface area contributed by atoms with Crippen molar-refractivity contribution in [3.05, 3.63) is 33.0 Å². The van der Waals surface area contributed by atoms with Crippen LogP contribution in [0.25, 0.3) is 0 Å². The maximum absolute atomic E-state index is 14.0. The first-order chi connectivity index (χ1) is 8.50. The zero-order chi connectivity index (χ0) is 13.3. The van der Waals surface area contributed by atoms with Crippen molar-refractivity contribution in [3.63, 3.8) is 0 Å². The zero-order valence-corrected chi connectivity index (χ0v) is 12.5. The van der Waals surface area contributed by atoms with E-state index in [-0.39, 0.29) is 17.8 Å². The second-order valence-corrected chi connectivity index (χ2v) is 6.08. The largest absolute Gasteiger partial charge is 0.381 e. The Morgan fingerprint density at radius 1 is 1.56 bits per heavy atom. The van der Waals surface area contributed by atoms with Crippen LogP contribution in [0.2, 0.25) is 5.02 Å². The molecule has 2 rings (SSSR count). The van der Waals surface area contributed by atoms with E-state index in [1.807, 2.05) is 0 Å². The predicted octanol–water partition coefficient (Wildman–Crippen LogP) is 3.91. The van der Waals surface area contributed by atoms with Crippen LogP contribution in [-0.2, 0) is 4.74 Å². The van der Waals surface area contributed by atoms with Gasteiger partial charge in [-0.3, -0.25) is 0 Å². The first-order valence-corrected chi connectivity index (χ1v) is 7.15. The van der Waals surface area contributed by atoms with Gasteiger partial charge in [-0.05, 0) is 46.3 Å². The summed E-state index contributed by atoms with van der Waals surface area (Å²) in [5.41, 5.74) is 6.70. The Morgan fingerprint density at radius 2 is 2.28 bits per heavy atom. The van der Waals surface area contributed by atoms with Crippen LogP contribution < -0.4 is 5.73 Å². The number of benzene rings is 1. The number of ether oxygens (including phenoxy) is 1. The van der Waals surface area contributed by atoms with E-state index in [4.69, 9.17) is 22.1 Å². The summed E-state index contributed by atoms with van der Waals surface area (Å²) in [7, 11) is 0. The van der Waals surface area contributed by atoms with Crippen molar-refractivity contribution in [1.29, 1.82) is 0 Å². The zero-order valence-electron chi connectivity index (χ0n) is 10.1. The van der Waals surface area contributed by atoms with Crippen LogP contribution in [0.5, 0.6) is 0 Å². The number of halogens is 3. The van der Waals surface area contributed by atoms with Crippen molar-refractivity contribution in [3.8, 4) is 0 Å². The maximum atomic E-state index is 14.0. The third-order valence-corrected chi connectivity index (χ3v) is 4.76. The average Bonchev–Trinajstić information content (AvgIpc) is 2.33. The van der Waals surface area contributed by atoms with E-state index in [9.17, 15) is 4.39 Å². The number of nitrogens with two attached hydrogens (primary N) is 1. The van der Waals surface area contributed by atoms with E-state index in [1.165, 1.54) is 6.07 Å². The molecule has 0 saturated carbocycles. The van der Waals surface area contributed by atoms with Gasteiger partial charge in [0.15, 0.2) is 0 Å². The van der Waals surface area contributed by atoms with Crippen molar-refractivity contribution < 1.29 is 9.13 Å². The summed E-state index contributed by atoms with van der Waals surface area (Å²) in [5.74, 6) is 0.249. The van der Waals surface area contributed by atoms with Gasteiger partial charge in [0.05, 0.1) is 5.02 Å². The average molecular weight is 337 g/mol. The van der Waals surface area contributed by atoms with Gasteiger partial charge in [-0.1, -0.05) is 18.5 Å². The molecule has 1 saturated heterocycles. The number of hydrogen-bond donors (Lipinski definition) is 1. The Bertz CT molecular complexity index is 443. The molecule has 0 bridgehead atoms. The molecule has 3 atom stereocenters. The van der Waals surface area contributed by atoms with Crippen molar-refractivity contribution in [1.82, 2.24) is 0 Å². The molecule has 1 aromatic rings. The predicted molar refractivity (Wildman–Crippen MR) is 74.1 cm³/mol. The number of hydrogen-bond acceptors (Lipinski definition) is 2. The molecule has 0 aliphatic carbocycles. The molecule has 1 aliphatic rings. The molecule has 18 heavy (non-hydrogen) atoms. The smallest absolute Gasteiger partial charge is 0.129 e. The monoisotopic (exact) mass is 335 g/mol. The molecule has 3 unspecified atom stereocenters. The summed E-state index contributed by atoms with van der Waals surface area (Å²) < 4.78 is 19.9. The normalized spacial score (nSPS) is 26.1. The fourth-order valence-electron chi connectivity index (χ4n) is 2.45. The van der Waals surface area contributed by atoms with Gasteiger partial charge in [-0.15, -0.1) is 0 Å². The molecular formula is C13H16BrClFNO. The van der Waals surface area contributed by atoms with E-state index in [2.05, 4.69) is 22.9 Å². The van der Waals surface area contributed by atoms with Crippen LogP contribution in [0.3, 0.4) is 0 Å². The van der Waals surface area contributed by atoms with E-state index in [1.54, 1.807) is 6.07 Å². The highest BCUT2D eigenvalue weighted by Gasteiger charge is 2.30. The molecule has 1 heterocycles. The molecule has 0 spiro atoms. The molecule has 5 heteroatoms. The van der Waals surface area contributed by atoms with Crippen LogP contribution in [0.4, 0.5) is 4.39 Å². The van der Waals surface area contributed by atoms with Gasteiger partial charge in [0.2, 0.25) is 0 Å². The second-order valence-electron chi connectivity index (χ2n) is 4.82. The standard InChI is InChI=1S/C13H16BrClFNO/c1-7-6-18-3-2-8(7)13(17)9-4-11(15)10(14)5-12(9)16/h4-5,7-8,13H,2-3,6,17H2,1H3. The highest BCUT2D eigenvalue weighted by molar-refractivity contribution is 9.10. The van der Waals surface area contributed by atoms with Crippen LogP contribution in [0.1, 0.15) is 24.9 Å². The third kappa shape index (κ3) is 2.87. The molecule has 0 amide bonds. The van der Waals surface area contributed by atoms with E-state index < -0.39 is 0 Å². The fraction of sp³-hybridized carbons (Fsp3) is 0.538. The van der Waals surface area contributed by atoms with Gasteiger partial charge >= 0.3 is 0 Å². The molecular weight excluding hydrogens is 321 g/mol. The Morgan fingerprint density at radius 3 is 2.94 bits per heavy atom. The lowest BCUT2D eigenvalue weighted by Crippen LogP contribution is -2.34. The molecule has 0 aromatic heterocycles.